The number of hydrogen-bond acceptors (Lipinski definition) is 2. The molecule has 2 rings (SSSR count). The SMILES string of the molecule is O=[C]c1ccc(-c2ccccc2)cc1C=C=CC(=O)O. The van der Waals surface area contributed by atoms with E-state index in [1.807, 2.05) is 42.7 Å². The largest absolute Gasteiger partial charge is 0.478 e. The molecule has 0 saturated carbocycles. The maximum atomic E-state index is 10.9. The number of rotatable bonds is 4. The van der Waals surface area contributed by atoms with Crippen molar-refractivity contribution in [1.82, 2.24) is 0 Å². The van der Waals surface area contributed by atoms with Gasteiger partial charge in [0.1, 0.15) is 0 Å². The van der Waals surface area contributed by atoms with Crippen molar-refractivity contribution in [2.24, 2.45) is 0 Å². The molecule has 3 nitrogen and oxygen atoms in total. The Balaban J connectivity index is 2.47. The number of carbonyl (C=O) groups is 1. The van der Waals surface area contributed by atoms with Crippen molar-refractivity contribution in [1.29, 1.82) is 0 Å². The number of carboxylic acids is 1. The van der Waals surface area contributed by atoms with Crippen LogP contribution in [0.2, 0.25) is 0 Å². The Hall–Kier alpha value is -2.90. The highest BCUT2D eigenvalue weighted by Crippen LogP contribution is 2.22. The molecule has 20 heavy (non-hydrogen) atoms. The quantitative estimate of drug-likeness (QED) is 0.681. The standard InChI is InChI=1S/C17H11O3/c18-12-16-10-9-15(13-5-2-1-3-6-13)11-14(16)7-4-8-17(19)20/h1-3,5-11H,(H,19,20). The van der Waals surface area contributed by atoms with Crippen LogP contribution < -0.4 is 0 Å². The molecule has 0 atom stereocenters. The second-order valence-corrected chi connectivity index (χ2v) is 4.06. The Morgan fingerprint density at radius 1 is 1.05 bits per heavy atom. The molecule has 0 saturated heterocycles. The lowest BCUT2D eigenvalue weighted by atomic mass is 9.99. The fourth-order valence-corrected chi connectivity index (χ4v) is 1.79. The first-order valence-corrected chi connectivity index (χ1v) is 5.94. The highest BCUT2D eigenvalue weighted by molar-refractivity contribution is 5.85. The summed E-state index contributed by atoms with van der Waals surface area (Å²) in [6, 6.07) is 15.0. The molecule has 0 bridgehead atoms. The van der Waals surface area contributed by atoms with E-state index in [4.69, 9.17) is 5.11 Å². The van der Waals surface area contributed by atoms with E-state index in [0.29, 0.717) is 11.1 Å². The molecule has 0 fully saturated rings. The number of carboxylic acid groups (broad SMARTS) is 1. The molecule has 0 unspecified atom stereocenters. The summed E-state index contributed by atoms with van der Waals surface area (Å²) in [5, 5.41) is 8.54. The van der Waals surface area contributed by atoms with Crippen LogP contribution in [0.5, 0.6) is 0 Å². The summed E-state index contributed by atoms with van der Waals surface area (Å²) in [6.45, 7) is 0. The molecule has 97 valence electrons. The third-order valence-corrected chi connectivity index (χ3v) is 2.71. The minimum absolute atomic E-state index is 0.371. The highest BCUT2D eigenvalue weighted by atomic mass is 16.4. The Labute approximate surface area is 116 Å². The second kappa shape index (κ2) is 6.32. The Bertz CT molecular complexity index is 693. The summed E-state index contributed by atoms with van der Waals surface area (Å²) < 4.78 is 0. The highest BCUT2D eigenvalue weighted by Gasteiger charge is 2.03. The molecular formula is C17H11O3. The van der Waals surface area contributed by atoms with Crippen molar-refractivity contribution in [3.8, 4) is 11.1 Å². The van der Waals surface area contributed by atoms with E-state index < -0.39 is 5.97 Å². The first-order chi connectivity index (χ1) is 9.70. The Morgan fingerprint density at radius 3 is 2.45 bits per heavy atom. The van der Waals surface area contributed by atoms with E-state index >= 15 is 0 Å². The van der Waals surface area contributed by atoms with Gasteiger partial charge in [0.25, 0.3) is 0 Å². The van der Waals surface area contributed by atoms with Crippen molar-refractivity contribution >= 4 is 18.3 Å². The van der Waals surface area contributed by atoms with Crippen LogP contribution in [-0.2, 0) is 9.59 Å². The molecule has 0 aliphatic carbocycles. The van der Waals surface area contributed by atoms with E-state index in [1.54, 1.807) is 12.1 Å². The van der Waals surface area contributed by atoms with Crippen molar-refractivity contribution in [2.45, 2.75) is 0 Å². The summed E-state index contributed by atoms with van der Waals surface area (Å²) in [7, 11) is 0. The maximum absolute atomic E-state index is 10.9. The van der Waals surface area contributed by atoms with Crippen LogP contribution >= 0.6 is 0 Å². The molecule has 0 aliphatic rings. The first-order valence-electron chi connectivity index (χ1n) is 5.94. The van der Waals surface area contributed by atoms with E-state index in [0.717, 1.165) is 17.2 Å². The maximum Gasteiger partial charge on any atom is 0.336 e. The van der Waals surface area contributed by atoms with Crippen LogP contribution in [0.1, 0.15) is 11.1 Å². The molecule has 0 aliphatic heterocycles. The van der Waals surface area contributed by atoms with Crippen LogP contribution in [0.15, 0.2) is 60.3 Å². The van der Waals surface area contributed by atoms with Gasteiger partial charge in [0, 0.05) is 5.56 Å². The molecular weight excluding hydrogens is 252 g/mol. The fourth-order valence-electron chi connectivity index (χ4n) is 1.79. The van der Waals surface area contributed by atoms with Gasteiger partial charge in [0.15, 0.2) is 0 Å². The zero-order chi connectivity index (χ0) is 14.4. The van der Waals surface area contributed by atoms with E-state index in [-0.39, 0.29) is 0 Å². The molecule has 0 spiro atoms. The Kier molecular flexibility index (Phi) is 4.28. The van der Waals surface area contributed by atoms with Gasteiger partial charge in [-0.15, -0.1) is 5.73 Å². The molecule has 3 heteroatoms. The van der Waals surface area contributed by atoms with Gasteiger partial charge in [-0.25, -0.2) is 4.79 Å². The molecule has 2 aromatic rings. The van der Waals surface area contributed by atoms with Crippen LogP contribution in [0.3, 0.4) is 0 Å². The van der Waals surface area contributed by atoms with E-state index in [2.05, 4.69) is 5.73 Å². The van der Waals surface area contributed by atoms with Crippen molar-refractivity contribution in [3.05, 3.63) is 71.5 Å². The average Bonchev–Trinajstić information content (AvgIpc) is 2.47. The van der Waals surface area contributed by atoms with Crippen LogP contribution in [-0.4, -0.2) is 17.4 Å². The van der Waals surface area contributed by atoms with E-state index in [9.17, 15) is 9.59 Å². The zero-order valence-corrected chi connectivity index (χ0v) is 10.5. The summed E-state index contributed by atoms with van der Waals surface area (Å²) in [4.78, 5) is 21.3. The summed E-state index contributed by atoms with van der Waals surface area (Å²) in [6.07, 6.45) is 4.18. The number of aliphatic carboxylic acids is 1. The van der Waals surface area contributed by atoms with Gasteiger partial charge in [-0.3, -0.25) is 4.79 Å². The minimum atomic E-state index is -1.09. The van der Waals surface area contributed by atoms with E-state index in [1.165, 1.54) is 6.08 Å². The molecule has 1 radical (unpaired) electrons. The smallest absolute Gasteiger partial charge is 0.336 e. The monoisotopic (exact) mass is 263 g/mol. The predicted molar refractivity (Wildman–Crippen MR) is 76.9 cm³/mol. The topological polar surface area (TPSA) is 54.4 Å². The summed E-state index contributed by atoms with van der Waals surface area (Å²) in [5.74, 6) is -1.09. The third-order valence-electron chi connectivity index (χ3n) is 2.71. The lowest BCUT2D eigenvalue weighted by Gasteiger charge is -2.04. The van der Waals surface area contributed by atoms with Gasteiger partial charge in [-0.05, 0) is 34.9 Å². The van der Waals surface area contributed by atoms with Crippen molar-refractivity contribution < 1.29 is 14.7 Å². The average molecular weight is 263 g/mol. The van der Waals surface area contributed by atoms with Gasteiger partial charge in [0.05, 0.1) is 6.08 Å². The van der Waals surface area contributed by atoms with Gasteiger partial charge in [-0.1, -0.05) is 36.4 Å². The molecule has 0 amide bonds. The summed E-state index contributed by atoms with van der Waals surface area (Å²) in [5.41, 5.74) is 5.43. The minimum Gasteiger partial charge on any atom is -0.478 e. The summed E-state index contributed by atoms with van der Waals surface area (Å²) >= 11 is 0. The van der Waals surface area contributed by atoms with Crippen molar-refractivity contribution in [2.75, 3.05) is 0 Å². The van der Waals surface area contributed by atoms with Crippen LogP contribution in [0, 0.1) is 0 Å². The molecule has 2 aromatic carbocycles. The van der Waals surface area contributed by atoms with Gasteiger partial charge >= 0.3 is 5.97 Å². The molecule has 0 aromatic heterocycles. The lowest BCUT2D eigenvalue weighted by molar-refractivity contribution is -0.131. The van der Waals surface area contributed by atoms with Crippen LogP contribution in [0.25, 0.3) is 17.2 Å². The zero-order valence-electron chi connectivity index (χ0n) is 10.5. The number of benzene rings is 2. The lowest BCUT2D eigenvalue weighted by Crippen LogP contribution is -1.88. The number of hydrogen-bond donors (Lipinski definition) is 1. The van der Waals surface area contributed by atoms with Gasteiger partial charge in [0.2, 0.25) is 6.29 Å². The third kappa shape index (κ3) is 3.31. The molecule has 0 heterocycles. The van der Waals surface area contributed by atoms with Crippen molar-refractivity contribution in [3.63, 3.8) is 0 Å². The molecule has 1 N–H and O–H groups in total. The van der Waals surface area contributed by atoms with Crippen LogP contribution in [0.4, 0.5) is 0 Å². The second-order valence-electron chi connectivity index (χ2n) is 4.06. The first kappa shape index (κ1) is 13.5. The predicted octanol–water partition coefficient (Wildman–Crippen LogP) is 3.06. The fraction of sp³-hybridized carbons (Fsp3) is 0. The Morgan fingerprint density at radius 2 is 1.80 bits per heavy atom. The van der Waals surface area contributed by atoms with Gasteiger partial charge < -0.3 is 5.11 Å². The normalized spacial score (nSPS) is 9.40. The van der Waals surface area contributed by atoms with Gasteiger partial charge in [-0.2, -0.15) is 0 Å². The number of carbonyl (C=O) groups excluding carboxylic acids is 1.